The first kappa shape index (κ1) is 15.7. The maximum absolute atomic E-state index is 12.2. The zero-order chi connectivity index (χ0) is 17.3. The zero-order valence-electron chi connectivity index (χ0n) is 13.3. The van der Waals surface area contributed by atoms with Crippen LogP contribution in [0.25, 0.3) is 0 Å². The number of nitrogens with zero attached hydrogens (tertiary/aromatic N) is 2. The number of amides is 4. The molecule has 1 aromatic carbocycles. The molecule has 124 valence electrons. The van der Waals surface area contributed by atoms with Gasteiger partial charge in [0.2, 0.25) is 5.91 Å². The van der Waals surface area contributed by atoms with E-state index >= 15 is 0 Å². The van der Waals surface area contributed by atoms with Gasteiger partial charge < -0.3 is 10.6 Å². The Morgan fingerprint density at radius 3 is 2.58 bits per heavy atom. The highest BCUT2D eigenvalue weighted by Crippen LogP contribution is 2.21. The molecule has 1 aliphatic rings. The number of carbonyl (C=O) groups is 3. The van der Waals surface area contributed by atoms with Gasteiger partial charge >= 0.3 is 6.03 Å². The number of nitrogens with one attached hydrogen (secondary N) is 3. The van der Waals surface area contributed by atoms with E-state index in [9.17, 15) is 14.4 Å². The summed E-state index contributed by atoms with van der Waals surface area (Å²) in [5, 5.41) is 11.7. The van der Waals surface area contributed by atoms with Gasteiger partial charge in [0.25, 0.3) is 5.91 Å². The molecular weight excluding hydrogens is 310 g/mol. The largest absolute Gasteiger partial charge is 0.330 e. The summed E-state index contributed by atoms with van der Waals surface area (Å²) in [6.45, 7) is 1.82. The van der Waals surface area contributed by atoms with Crippen molar-refractivity contribution in [1.29, 1.82) is 0 Å². The molecule has 8 heteroatoms. The monoisotopic (exact) mass is 327 g/mol. The van der Waals surface area contributed by atoms with Crippen LogP contribution >= 0.6 is 0 Å². The van der Waals surface area contributed by atoms with Crippen molar-refractivity contribution in [1.82, 2.24) is 20.4 Å². The van der Waals surface area contributed by atoms with E-state index in [1.807, 2.05) is 6.92 Å². The van der Waals surface area contributed by atoms with Gasteiger partial charge in [0.15, 0.2) is 0 Å². The first-order valence-corrected chi connectivity index (χ1v) is 7.44. The second kappa shape index (κ2) is 6.15. The number of anilines is 1. The van der Waals surface area contributed by atoms with Gasteiger partial charge in [0.05, 0.1) is 24.2 Å². The summed E-state index contributed by atoms with van der Waals surface area (Å²) in [4.78, 5) is 35.0. The number of urea groups is 1. The lowest BCUT2D eigenvalue weighted by Gasteiger charge is -2.23. The van der Waals surface area contributed by atoms with Crippen LogP contribution < -0.4 is 16.0 Å². The summed E-state index contributed by atoms with van der Waals surface area (Å²) in [7, 11) is 1.77. The lowest BCUT2D eigenvalue weighted by molar-refractivity contribution is -0.121. The van der Waals surface area contributed by atoms with Gasteiger partial charge in [-0.3, -0.25) is 19.6 Å². The molecule has 0 saturated carbocycles. The van der Waals surface area contributed by atoms with Gasteiger partial charge in [-0.15, -0.1) is 0 Å². The fourth-order valence-corrected chi connectivity index (χ4v) is 2.53. The highest BCUT2D eigenvalue weighted by Gasteiger charge is 2.24. The summed E-state index contributed by atoms with van der Waals surface area (Å²) in [5.41, 5.74) is 2.71. The first-order valence-electron chi connectivity index (χ1n) is 7.44. The Morgan fingerprint density at radius 2 is 2.00 bits per heavy atom. The van der Waals surface area contributed by atoms with Crippen LogP contribution in [-0.4, -0.2) is 27.6 Å². The number of aromatic nitrogens is 2. The van der Waals surface area contributed by atoms with E-state index in [4.69, 9.17) is 0 Å². The molecule has 0 radical (unpaired) electrons. The first-order chi connectivity index (χ1) is 11.4. The van der Waals surface area contributed by atoms with E-state index in [1.165, 1.54) is 6.20 Å². The zero-order valence-corrected chi connectivity index (χ0v) is 13.3. The van der Waals surface area contributed by atoms with E-state index in [0.717, 1.165) is 11.3 Å². The molecule has 1 aliphatic heterocycles. The molecule has 0 bridgehead atoms. The topological polar surface area (TPSA) is 105 Å². The predicted octanol–water partition coefficient (Wildman–Crippen LogP) is 1.25. The average Bonchev–Trinajstić information content (AvgIpc) is 2.87. The normalized spacial score (nSPS) is 17.2. The average molecular weight is 327 g/mol. The van der Waals surface area contributed by atoms with Crippen molar-refractivity contribution in [3.05, 3.63) is 47.3 Å². The minimum Gasteiger partial charge on any atom is -0.330 e. The Balaban J connectivity index is 1.70. The molecule has 1 atom stereocenters. The second-order valence-corrected chi connectivity index (χ2v) is 5.62. The van der Waals surface area contributed by atoms with E-state index in [1.54, 1.807) is 36.0 Å². The Hall–Kier alpha value is -3.16. The van der Waals surface area contributed by atoms with Crippen molar-refractivity contribution >= 4 is 23.5 Å². The third-order valence-corrected chi connectivity index (χ3v) is 4.00. The smallest absolute Gasteiger partial charge is 0.321 e. The van der Waals surface area contributed by atoms with Crippen LogP contribution in [0.15, 0.2) is 30.5 Å². The maximum atomic E-state index is 12.2. The minimum absolute atomic E-state index is 0.187. The fourth-order valence-electron chi connectivity index (χ4n) is 2.53. The maximum Gasteiger partial charge on any atom is 0.321 e. The second-order valence-electron chi connectivity index (χ2n) is 5.62. The van der Waals surface area contributed by atoms with Gasteiger partial charge in [-0.2, -0.15) is 5.10 Å². The molecule has 1 fully saturated rings. The lowest BCUT2D eigenvalue weighted by atomic mass is 10.0. The quantitative estimate of drug-likeness (QED) is 0.789. The third-order valence-electron chi connectivity index (χ3n) is 4.00. The van der Waals surface area contributed by atoms with Crippen LogP contribution in [0, 0.1) is 6.92 Å². The third kappa shape index (κ3) is 3.12. The Kier molecular flexibility index (Phi) is 4.03. The van der Waals surface area contributed by atoms with E-state index in [0.29, 0.717) is 11.3 Å². The van der Waals surface area contributed by atoms with Crippen LogP contribution in [0.2, 0.25) is 0 Å². The summed E-state index contributed by atoms with van der Waals surface area (Å²) >= 11 is 0. The van der Waals surface area contributed by atoms with Crippen molar-refractivity contribution < 1.29 is 14.4 Å². The Morgan fingerprint density at radius 1 is 1.29 bits per heavy atom. The van der Waals surface area contributed by atoms with Crippen LogP contribution in [0.4, 0.5) is 10.5 Å². The number of hydrogen-bond donors (Lipinski definition) is 3. The van der Waals surface area contributed by atoms with Gasteiger partial charge in [-0.05, 0) is 24.6 Å². The van der Waals surface area contributed by atoms with Crippen LogP contribution in [0.1, 0.15) is 34.1 Å². The van der Waals surface area contributed by atoms with E-state index < -0.39 is 6.03 Å². The van der Waals surface area contributed by atoms with E-state index in [-0.39, 0.29) is 24.3 Å². The van der Waals surface area contributed by atoms with Gasteiger partial charge in [0.1, 0.15) is 0 Å². The Bertz CT molecular complexity index is 794. The van der Waals surface area contributed by atoms with Gasteiger partial charge in [-0.25, -0.2) is 4.79 Å². The number of carbonyl (C=O) groups excluding carboxylic acids is 3. The summed E-state index contributed by atoms with van der Waals surface area (Å²) < 4.78 is 1.63. The number of imide groups is 1. The van der Waals surface area contributed by atoms with E-state index in [2.05, 4.69) is 21.0 Å². The highest BCUT2D eigenvalue weighted by molar-refractivity contribution is 6.04. The number of benzene rings is 1. The van der Waals surface area contributed by atoms with Crippen molar-refractivity contribution in [2.75, 3.05) is 5.32 Å². The Labute approximate surface area is 138 Å². The van der Waals surface area contributed by atoms with Crippen LogP contribution in [-0.2, 0) is 11.8 Å². The summed E-state index contributed by atoms with van der Waals surface area (Å²) in [5.74, 6) is -0.549. The van der Waals surface area contributed by atoms with Crippen LogP contribution in [0.3, 0.4) is 0 Å². The SMILES string of the molecule is Cc1c(C(=O)Nc2ccc(C3CC(=O)NC(=O)N3)cc2)cnn1C. The molecule has 2 heterocycles. The molecule has 8 nitrogen and oxygen atoms in total. The predicted molar refractivity (Wildman–Crippen MR) is 86.4 cm³/mol. The fraction of sp³-hybridized carbons (Fsp3) is 0.250. The number of aryl methyl sites for hydroxylation is 1. The summed E-state index contributed by atoms with van der Waals surface area (Å²) in [6.07, 6.45) is 1.71. The molecule has 3 N–H and O–H groups in total. The molecule has 1 unspecified atom stereocenters. The molecule has 3 rings (SSSR count). The van der Waals surface area contributed by atoms with Crippen molar-refractivity contribution in [3.8, 4) is 0 Å². The van der Waals surface area contributed by atoms with Crippen molar-refractivity contribution in [2.45, 2.75) is 19.4 Å². The molecule has 1 saturated heterocycles. The lowest BCUT2D eigenvalue weighted by Crippen LogP contribution is -2.48. The highest BCUT2D eigenvalue weighted by atomic mass is 16.2. The molecule has 0 aliphatic carbocycles. The van der Waals surface area contributed by atoms with Crippen LogP contribution in [0.5, 0.6) is 0 Å². The van der Waals surface area contributed by atoms with Crippen molar-refractivity contribution in [3.63, 3.8) is 0 Å². The van der Waals surface area contributed by atoms with Crippen molar-refractivity contribution in [2.24, 2.45) is 7.05 Å². The molecule has 0 spiro atoms. The molecule has 2 aromatic rings. The molecule has 4 amide bonds. The summed E-state index contributed by atoms with van der Waals surface area (Å²) in [6, 6.07) is 6.15. The molecule has 24 heavy (non-hydrogen) atoms. The van der Waals surface area contributed by atoms with Gasteiger partial charge in [0, 0.05) is 18.4 Å². The van der Waals surface area contributed by atoms with Gasteiger partial charge in [-0.1, -0.05) is 12.1 Å². The number of rotatable bonds is 3. The molecule has 1 aromatic heterocycles. The minimum atomic E-state index is -0.499. The molecular formula is C16H17N5O3. The number of hydrogen-bond acceptors (Lipinski definition) is 4. The standard InChI is InChI=1S/C16H17N5O3/c1-9-12(8-17-21(9)2)15(23)18-11-5-3-10(4-6-11)13-7-14(22)20-16(24)19-13/h3-6,8,13H,7H2,1-2H3,(H,18,23)(H2,19,20,22,24).